The molecule has 1 saturated heterocycles. The molecule has 3 N–H and O–H groups in total. The van der Waals surface area contributed by atoms with E-state index in [0.29, 0.717) is 0 Å². The number of likely N-dealkylation sites (tertiary alicyclic amines) is 1. The standard InChI is InChI=1S/C13H23N3O/c1-4-10(2)9-12(15-3)16-7-5-11(6-8-16)13(14)17/h4,9,11,15H,5-8H2,1-3H3,(H2,14,17)/b10-4+,12-9+. The molecule has 4 heteroatoms. The fraction of sp³-hybridized carbons (Fsp3) is 0.615. The van der Waals surface area contributed by atoms with Crippen molar-refractivity contribution in [3.8, 4) is 0 Å². The van der Waals surface area contributed by atoms with Crippen molar-refractivity contribution in [2.45, 2.75) is 26.7 Å². The maximum absolute atomic E-state index is 11.1. The van der Waals surface area contributed by atoms with E-state index in [2.05, 4.69) is 29.3 Å². The number of piperidine rings is 1. The molecule has 0 atom stereocenters. The first-order valence-corrected chi connectivity index (χ1v) is 6.15. The van der Waals surface area contributed by atoms with Crippen LogP contribution in [0.5, 0.6) is 0 Å². The van der Waals surface area contributed by atoms with E-state index in [1.807, 2.05) is 14.0 Å². The maximum atomic E-state index is 11.1. The van der Waals surface area contributed by atoms with Crippen molar-refractivity contribution < 1.29 is 4.79 Å². The molecule has 1 heterocycles. The molecule has 17 heavy (non-hydrogen) atoms. The van der Waals surface area contributed by atoms with Crippen molar-refractivity contribution in [2.24, 2.45) is 11.7 Å². The van der Waals surface area contributed by atoms with E-state index < -0.39 is 0 Å². The van der Waals surface area contributed by atoms with Gasteiger partial charge in [0, 0.05) is 26.1 Å². The molecule has 0 unspecified atom stereocenters. The smallest absolute Gasteiger partial charge is 0.220 e. The predicted molar refractivity (Wildman–Crippen MR) is 70.1 cm³/mol. The van der Waals surface area contributed by atoms with Gasteiger partial charge in [-0.3, -0.25) is 4.79 Å². The lowest BCUT2D eigenvalue weighted by Gasteiger charge is -2.33. The zero-order valence-corrected chi connectivity index (χ0v) is 11.0. The Bertz CT molecular complexity index is 326. The summed E-state index contributed by atoms with van der Waals surface area (Å²) in [6.07, 6.45) is 5.91. The number of primary amides is 1. The van der Waals surface area contributed by atoms with Gasteiger partial charge in [0.25, 0.3) is 0 Å². The topological polar surface area (TPSA) is 58.4 Å². The number of hydrogen-bond acceptors (Lipinski definition) is 3. The van der Waals surface area contributed by atoms with Crippen LogP contribution < -0.4 is 11.1 Å². The van der Waals surface area contributed by atoms with Crippen LogP contribution in [0, 0.1) is 5.92 Å². The molecule has 0 aromatic carbocycles. The number of carbonyl (C=O) groups excluding carboxylic acids is 1. The molecule has 0 aromatic rings. The van der Waals surface area contributed by atoms with Gasteiger partial charge in [0.2, 0.25) is 5.91 Å². The number of rotatable bonds is 4. The van der Waals surface area contributed by atoms with Crippen LogP contribution in [0.4, 0.5) is 0 Å². The molecular formula is C13H23N3O. The number of amides is 1. The SMILES string of the molecule is C/C=C(C)/C=C(\NC)N1CCC(C(N)=O)CC1. The summed E-state index contributed by atoms with van der Waals surface area (Å²) >= 11 is 0. The average Bonchev–Trinajstić information content (AvgIpc) is 2.35. The van der Waals surface area contributed by atoms with Crippen molar-refractivity contribution in [1.82, 2.24) is 10.2 Å². The van der Waals surface area contributed by atoms with Gasteiger partial charge in [-0.15, -0.1) is 0 Å². The van der Waals surface area contributed by atoms with Gasteiger partial charge in [0.15, 0.2) is 0 Å². The molecular weight excluding hydrogens is 214 g/mol. The van der Waals surface area contributed by atoms with E-state index >= 15 is 0 Å². The Morgan fingerprint density at radius 3 is 2.41 bits per heavy atom. The highest BCUT2D eigenvalue weighted by molar-refractivity contribution is 5.76. The molecule has 0 radical (unpaired) electrons. The van der Waals surface area contributed by atoms with Gasteiger partial charge in [0.05, 0.1) is 0 Å². The van der Waals surface area contributed by atoms with Crippen molar-refractivity contribution in [2.75, 3.05) is 20.1 Å². The van der Waals surface area contributed by atoms with E-state index in [1.54, 1.807) is 0 Å². The van der Waals surface area contributed by atoms with E-state index in [4.69, 9.17) is 5.73 Å². The molecule has 1 aliphatic rings. The van der Waals surface area contributed by atoms with Gasteiger partial charge in [-0.2, -0.15) is 0 Å². The first-order valence-electron chi connectivity index (χ1n) is 6.15. The summed E-state index contributed by atoms with van der Waals surface area (Å²) in [5.41, 5.74) is 6.55. The minimum absolute atomic E-state index is 0.0483. The number of carbonyl (C=O) groups is 1. The van der Waals surface area contributed by atoms with Crippen molar-refractivity contribution in [3.05, 3.63) is 23.5 Å². The minimum atomic E-state index is -0.163. The maximum Gasteiger partial charge on any atom is 0.220 e. The predicted octanol–water partition coefficient (Wildman–Crippen LogP) is 1.21. The fourth-order valence-electron chi connectivity index (χ4n) is 2.03. The van der Waals surface area contributed by atoms with Crippen LogP contribution in [0.25, 0.3) is 0 Å². The van der Waals surface area contributed by atoms with E-state index in [1.165, 1.54) is 5.57 Å². The number of nitrogens with one attached hydrogen (secondary N) is 1. The highest BCUT2D eigenvalue weighted by Crippen LogP contribution is 2.19. The molecule has 4 nitrogen and oxygen atoms in total. The number of hydrogen-bond donors (Lipinski definition) is 2. The van der Waals surface area contributed by atoms with Crippen LogP contribution in [-0.4, -0.2) is 30.9 Å². The van der Waals surface area contributed by atoms with Crippen LogP contribution in [0.15, 0.2) is 23.5 Å². The van der Waals surface area contributed by atoms with Crippen LogP contribution >= 0.6 is 0 Å². The van der Waals surface area contributed by atoms with Gasteiger partial charge >= 0.3 is 0 Å². The fourth-order valence-corrected chi connectivity index (χ4v) is 2.03. The lowest BCUT2D eigenvalue weighted by Crippen LogP contribution is -2.40. The molecule has 0 aromatic heterocycles. The number of nitrogens with two attached hydrogens (primary N) is 1. The van der Waals surface area contributed by atoms with E-state index in [0.717, 1.165) is 31.8 Å². The highest BCUT2D eigenvalue weighted by atomic mass is 16.1. The normalized spacial score (nSPS) is 19.4. The molecule has 96 valence electrons. The minimum Gasteiger partial charge on any atom is -0.375 e. The van der Waals surface area contributed by atoms with Crippen molar-refractivity contribution in [1.29, 1.82) is 0 Å². The average molecular weight is 237 g/mol. The number of nitrogens with zero attached hydrogens (tertiary/aromatic N) is 1. The van der Waals surface area contributed by atoms with Gasteiger partial charge in [-0.1, -0.05) is 11.6 Å². The first-order chi connectivity index (χ1) is 8.08. The van der Waals surface area contributed by atoms with Crippen molar-refractivity contribution >= 4 is 5.91 Å². The Labute approximate surface area is 104 Å². The van der Waals surface area contributed by atoms with Crippen molar-refractivity contribution in [3.63, 3.8) is 0 Å². The molecule has 0 aliphatic carbocycles. The van der Waals surface area contributed by atoms with Gasteiger partial charge < -0.3 is 16.0 Å². The molecule has 0 bridgehead atoms. The summed E-state index contributed by atoms with van der Waals surface area (Å²) < 4.78 is 0. The Hall–Kier alpha value is -1.45. The summed E-state index contributed by atoms with van der Waals surface area (Å²) in [6.45, 7) is 5.88. The second-order valence-electron chi connectivity index (χ2n) is 4.48. The van der Waals surface area contributed by atoms with Gasteiger partial charge in [-0.05, 0) is 32.8 Å². The largest absolute Gasteiger partial charge is 0.375 e. The summed E-state index contributed by atoms with van der Waals surface area (Å²) in [5, 5.41) is 3.21. The summed E-state index contributed by atoms with van der Waals surface area (Å²) in [5.74, 6) is 1.000. The van der Waals surface area contributed by atoms with E-state index in [-0.39, 0.29) is 11.8 Å². The molecule has 1 amide bonds. The Morgan fingerprint density at radius 2 is 2.00 bits per heavy atom. The molecule has 1 fully saturated rings. The van der Waals surface area contributed by atoms with Gasteiger partial charge in [0.1, 0.15) is 5.82 Å². The second-order valence-corrected chi connectivity index (χ2v) is 4.48. The van der Waals surface area contributed by atoms with Gasteiger partial charge in [-0.25, -0.2) is 0 Å². The Kier molecular flexibility index (Phi) is 5.07. The molecule has 1 aliphatic heterocycles. The molecule has 1 rings (SSSR count). The molecule has 0 saturated carbocycles. The highest BCUT2D eigenvalue weighted by Gasteiger charge is 2.23. The van der Waals surface area contributed by atoms with Crippen LogP contribution in [0.1, 0.15) is 26.7 Å². The van der Waals surface area contributed by atoms with E-state index in [9.17, 15) is 4.79 Å². The third-order valence-corrected chi connectivity index (χ3v) is 3.31. The monoisotopic (exact) mass is 237 g/mol. The van der Waals surface area contributed by atoms with Crippen LogP contribution in [0.3, 0.4) is 0 Å². The lowest BCUT2D eigenvalue weighted by molar-refractivity contribution is -0.123. The zero-order valence-electron chi connectivity index (χ0n) is 11.0. The van der Waals surface area contributed by atoms with Crippen LogP contribution in [0.2, 0.25) is 0 Å². The summed E-state index contributed by atoms with van der Waals surface area (Å²) in [6, 6.07) is 0. The zero-order chi connectivity index (χ0) is 12.8. The lowest BCUT2D eigenvalue weighted by atomic mass is 9.96. The Morgan fingerprint density at radius 1 is 1.41 bits per heavy atom. The number of allylic oxidation sites excluding steroid dienone is 3. The quantitative estimate of drug-likeness (QED) is 0.723. The molecule has 0 spiro atoms. The van der Waals surface area contributed by atoms with Crippen LogP contribution in [-0.2, 0) is 4.79 Å². The summed E-state index contributed by atoms with van der Waals surface area (Å²) in [7, 11) is 1.93. The first kappa shape index (κ1) is 13.6. The summed E-state index contributed by atoms with van der Waals surface area (Å²) in [4.78, 5) is 13.4. The third kappa shape index (κ3) is 3.80. The third-order valence-electron chi connectivity index (χ3n) is 3.31. The Balaban J connectivity index is 2.63. The second kappa shape index (κ2) is 6.33.